The van der Waals surface area contributed by atoms with Crippen LogP contribution in [0.4, 0.5) is 9.59 Å². The number of hydrogen-bond acceptors (Lipinski definition) is 6. The molecule has 0 aromatic heterocycles. The van der Waals surface area contributed by atoms with Crippen molar-refractivity contribution in [3.05, 3.63) is 0 Å². The van der Waals surface area contributed by atoms with Crippen molar-refractivity contribution in [1.82, 2.24) is 0 Å². The summed E-state index contributed by atoms with van der Waals surface area (Å²) in [5.74, 6) is -3.02. The molecule has 6 N–H and O–H groups in total. The Bertz CT molecular complexity index is 374. The molecule has 0 aliphatic heterocycles. The van der Waals surface area contributed by atoms with Crippen LogP contribution in [0.5, 0.6) is 0 Å². The zero-order valence-electron chi connectivity index (χ0n) is 13.5. The zero-order valence-corrected chi connectivity index (χ0v) is 13.5. The van der Waals surface area contributed by atoms with Gasteiger partial charge in [0.2, 0.25) is 5.60 Å². The fourth-order valence-corrected chi connectivity index (χ4v) is 2.52. The molecule has 2 atom stereocenters. The first-order chi connectivity index (χ1) is 10.1. The smallest absolute Gasteiger partial charge is 0.408 e. The van der Waals surface area contributed by atoms with Crippen molar-refractivity contribution >= 4 is 12.2 Å². The van der Waals surface area contributed by atoms with Crippen molar-refractivity contribution in [3.8, 4) is 0 Å². The maximum Gasteiger partial charge on any atom is 0.408 e. The van der Waals surface area contributed by atoms with E-state index >= 15 is 0 Å². The van der Waals surface area contributed by atoms with E-state index in [0.717, 1.165) is 25.7 Å². The molecule has 8 nitrogen and oxygen atoms in total. The van der Waals surface area contributed by atoms with Crippen LogP contribution in [-0.2, 0) is 9.47 Å². The van der Waals surface area contributed by atoms with Crippen LogP contribution >= 0.6 is 0 Å². The number of unbranched alkanes of at least 4 members (excludes halogenated alkanes) is 1. The third-order valence-electron chi connectivity index (χ3n) is 3.87. The molecule has 0 heterocycles. The van der Waals surface area contributed by atoms with E-state index in [2.05, 4.69) is 4.74 Å². The van der Waals surface area contributed by atoms with Crippen molar-refractivity contribution < 1.29 is 29.3 Å². The summed E-state index contributed by atoms with van der Waals surface area (Å²) in [6, 6.07) is 0. The summed E-state index contributed by atoms with van der Waals surface area (Å²) in [6.07, 6.45) is 0.954. The summed E-state index contributed by atoms with van der Waals surface area (Å²) in [4.78, 5) is 22.1. The summed E-state index contributed by atoms with van der Waals surface area (Å²) in [5, 5.41) is 20.2. The Kier molecular flexibility index (Phi) is 8.18. The lowest BCUT2D eigenvalue weighted by atomic mass is 9.82. The number of nitrogens with two attached hydrogens (primary N) is 2. The van der Waals surface area contributed by atoms with Gasteiger partial charge < -0.3 is 31.2 Å². The molecule has 0 aromatic carbocycles. The van der Waals surface area contributed by atoms with Crippen molar-refractivity contribution in [2.24, 2.45) is 17.4 Å². The average Bonchev–Trinajstić information content (AvgIpc) is 2.39. The van der Waals surface area contributed by atoms with Crippen LogP contribution in [0.2, 0.25) is 0 Å². The van der Waals surface area contributed by atoms with E-state index in [-0.39, 0.29) is 18.8 Å². The molecular formula is C14H28N2O6. The molecule has 0 aliphatic carbocycles. The molecular weight excluding hydrogens is 292 g/mol. The van der Waals surface area contributed by atoms with Crippen molar-refractivity contribution in [1.29, 1.82) is 0 Å². The Morgan fingerprint density at radius 1 is 1.09 bits per heavy atom. The van der Waals surface area contributed by atoms with Gasteiger partial charge in [0, 0.05) is 0 Å². The van der Waals surface area contributed by atoms with Gasteiger partial charge in [-0.2, -0.15) is 0 Å². The number of rotatable bonds is 10. The maximum atomic E-state index is 11.2. The Morgan fingerprint density at radius 3 is 2.00 bits per heavy atom. The monoisotopic (exact) mass is 320 g/mol. The minimum Gasteiger partial charge on any atom is -0.433 e. The molecule has 8 heteroatoms. The zero-order chi connectivity index (χ0) is 17.4. The lowest BCUT2D eigenvalue weighted by Gasteiger charge is -2.41. The summed E-state index contributed by atoms with van der Waals surface area (Å²) < 4.78 is 9.33. The van der Waals surface area contributed by atoms with E-state index in [9.17, 15) is 19.8 Å². The van der Waals surface area contributed by atoms with E-state index < -0.39 is 23.8 Å². The molecule has 0 aliphatic rings. The van der Waals surface area contributed by atoms with E-state index in [4.69, 9.17) is 16.2 Å². The van der Waals surface area contributed by atoms with Gasteiger partial charge >= 0.3 is 18.2 Å². The van der Waals surface area contributed by atoms with Gasteiger partial charge in [0.05, 0.1) is 0 Å². The lowest BCUT2D eigenvalue weighted by Crippen LogP contribution is -2.60. The number of primary amides is 2. The second-order valence-corrected chi connectivity index (χ2v) is 5.42. The molecule has 0 radical (unpaired) electrons. The molecule has 130 valence electrons. The maximum absolute atomic E-state index is 11.2. The van der Waals surface area contributed by atoms with E-state index in [0.29, 0.717) is 0 Å². The highest BCUT2D eigenvalue weighted by molar-refractivity contribution is 5.66. The first-order valence-electron chi connectivity index (χ1n) is 7.55. The molecule has 0 fully saturated rings. The normalized spacial score (nSPS) is 15.7. The summed E-state index contributed by atoms with van der Waals surface area (Å²) in [6.45, 7) is 5.55. The SMILES string of the molecule is CCCCC(CC)CC(CC)(OC(N)=O)C(O)(O)OC(N)=O. The fourth-order valence-electron chi connectivity index (χ4n) is 2.52. The summed E-state index contributed by atoms with van der Waals surface area (Å²) in [5.41, 5.74) is 8.02. The van der Waals surface area contributed by atoms with Crippen LogP contribution in [-0.4, -0.2) is 34.0 Å². The van der Waals surface area contributed by atoms with Crippen LogP contribution in [0.15, 0.2) is 0 Å². The molecule has 0 spiro atoms. The standard InChI is InChI=1S/C14H28N2O6/c1-4-7-8-10(5-2)9-13(6-3,21-11(15)17)14(19,20)22-12(16)18/h10,19-20H,4-9H2,1-3H3,(H2,15,17)(H2,16,18). The predicted molar refractivity (Wildman–Crippen MR) is 79.5 cm³/mol. The largest absolute Gasteiger partial charge is 0.433 e. The summed E-state index contributed by atoms with van der Waals surface area (Å²) >= 11 is 0. The van der Waals surface area contributed by atoms with Crippen LogP contribution in [0.3, 0.4) is 0 Å². The molecule has 0 bridgehead atoms. The molecule has 0 saturated carbocycles. The first kappa shape index (κ1) is 20.5. The van der Waals surface area contributed by atoms with Gasteiger partial charge in [-0.1, -0.05) is 46.5 Å². The van der Waals surface area contributed by atoms with Gasteiger partial charge in [-0.3, -0.25) is 0 Å². The van der Waals surface area contributed by atoms with Gasteiger partial charge in [-0.25, -0.2) is 9.59 Å². The highest BCUT2D eigenvalue weighted by Gasteiger charge is 2.56. The van der Waals surface area contributed by atoms with Gasteiger partial charge in [0.1, 0.15) is 0 Å². The number of carbonyl (C=O) groups is 2. The minimum absolute atomic E-state index is 0.0150. The van der Waals surface area contributed by atoms with Crippen LogP contribution < -0.4 is 11.5 Å². The lowest BCUT2D eigenvalue weighted by molar-refractivity contribution is -0.386. The summed E-state index contributed by atoms with van der Waals surface area (Å²) in [7, 11) is 0. The average molecular weight is 320 g/mol. The predicted octanol–water partition coefficient (Wildman–Crippen LogP) is 1.57. The van der Waals surface area contributed by atoms with Gasteiger partial charge in [0.25, 0.3) is 0 Å². The molecule has 0 saturated heterocycles. The van der Waals surface area contributed by atoms with Gasteiger partial charge in [-0.15, -0.1) is 0 Å². The van der Waals surface area contributed by atoms with Gasteiger partial charge in [0.15, 0.2) is 0 Å². The topological polar surface area (TPSA) is 145 Å². The number of amides is 2. The Balaban J connectivity index is 5.46. The second kappa shape index (κ2) is 8.79. The molecule has 0 rings (SSSR count). The van der Waals surface area contributed by atoms with E-state index in [1.54, 1.807) is 6.92 Å². The van der Waals surface area contributed by atoms with Crippen LogP contribution in [0, 0.1) is 5.92 Å². The quantitative estimate of drug-likeness (QED) is 0.449. The molecule has 2 amide bonds. The number of hydrogen-bond donors (Lipinski definition) is 4. The molecule has 2 unspecified atom stereocenters. The number of ether oxygens (including phenoxy) is 2. The van der Waals surface area contributed by atoms with Crippen molar-refractivity contribution in [2.75, 3.05) is 0 Å². The third-order valence-corrected chi connectivity index (χ3v) is 3.87. The fraction of sp³-hybridized carbons (Fsp3) is 0.857. The van der Waals surface area contributed by atoms with Crippen molar-refractivity contribution in [2.45, 2.75) is 70.9 Å². The van der Waals surface area contributed by atoms with E-state index in [1.165, 1.54) is 0 Å². The Labute approximate surface area is 130 Å². The Morgan fingerprint density at radius 2 is 1.64 bits per heavy atom. The van der Waals surface area contributed by atoms with Crippen LogP contribution in [0.25, 0.3) is 0 Å². The first-order valence-corrected chi connectivity index (χ1v) is 7.55. The number of aliphatic hydroxyl groups is 2. The van der Waals surface area contributed by atoms with Crippen LogP contribution in [0.1, 0.15) is 59.3 Å². The second-order valence-electron chi connectivity index (χ2n) is 5.42. The minimum atomic E-state index is -3.05. The highest BCUT2D eigenvalue weighted by Crippen LogP contribution is 2.38. The van der Waals surface area contributed by atoms with Crippen molar-refractivity contribution in [3.63, 3.8) is 0 Å². The molecule has 0 aromatic rings. The Hall–Kier alpha value is -1.54. The molecule has 22 heavy (non-hydrogen) atoms. The number of carbonyl (C=O) groups excluding carboxylic acids is 2. The third kappa shape index (κ3) is 5.69. The van der Waals surface area contributed by atoms with E-state index in [1.807, 2.05) is 13.8 Å². The highest BCUT2D eigenvalue weighted by atomic mass is 16.8. The van der Waals surface area contributed by atoms with Gasteiger partial charge in [-0.05, 0) is 18.8 Å².